The van der Waals surface area contributed by atoms with Crippen LogP contribution in [0.3, 0.4) is 0 Å². The van der Waals surface area contributed by atoms with Gasteiger partial charge in [-0.05, 0) is 43.0 Å². The second-order valence-electron chi connectivity index (χ2n) is 8.55. The van der Waals surface area contributed by atoms with E-state index in [1.165, 1.54) is 19.1 Å². The molecule has 0 radical (unpaired) electrons. The van der Waals surface area contributed by atoms with E-state index in [1.54, 1.807) is 19.1 Å². The van der Waals surface area contributed by atoms with Crippen molar-refractivity contribution >= 4 is 27.8 Å². The number of nitrogens with zero attached hydrogens (tertiary/aromatic N) is 1. The average molecular weight is 482 g/mol. The maximum atomic E-state index is 13.6. The number of hydrogen-bond donors (Lipinski definition) is 0. The van der Waals surface area contributed by atoms with Crippen molar-refractivity contribution in [3.05, 3.63) is 23.3 Å². The molecule has 2 aliphatic heterocycles. The Balaban J connectivity index is 2.07. The average Bonchev–Trinajstić information content (AvgIpc) is 2.97. The van der Waals surface area contributed by atoms with E-state index in [0.29, 0.717) is 23.5 Å². The highest BCUT2D eigenvalue weighted by atomic mass is 32.2. The molecule has 3 atom stereocenters. The van der Waals surface area contributed by atoms with Gasteiger partial charge in [-0.1, -0.05) is 0 Å². The fourth-order valence-electron chi connectivity index (χ4n) is 5.79. The highest BCUT2D eigenvalue weighted by Crippen LogP contribution is 2.64. The van der Waals surface area contributed by atoms with Crippen molar-refractivity contribution in [2.45, 2.75) is 44.2 Å². The Morgan fingerprint density at radius 3 is 2.42 bits per heavy atom. The van der Waals surface area contributed by atoms with E-state index < -0.39 is 39.1 Å². The second kappa shape index (κ2) is 7.98. The standard InChI is InChI=1S/C22H27NO9S/c1-5-31-20(26)21-12-14(24)6-8-22(21)15-11-17(30-3)16(29-2)10-13(15)7-9-23(22)19(25)18(21)32-33(4,27)28/h10-11,18H,5-9,12H2,1-4H3/t18-,21+,22-/m0/s1. The SMILES string of the molecule is CCOC(=O)[C@]12CC(=O)CC[C@]13c1cc(OC)c(OC)cc1CCN3C(=O)[C@@H]2OS(C)(=O)=O. The Morgan fingerprint density at radius 1 is 1.15 bits per heavy atom. The molecule has 0 bridgehead atoms. The lowest BCUT2D eigenvalue weighted by molar-refractivity contribution is -0.175. The summed E-state index contributed by atoms with van der Waals surface area (Å²) >= 11 is 0. The first-order chi connectivity index (χ1) is 15.6. The molecule has 1 saturated heterocycles. The Kier molecular flexibility index (Phi) is 5.68. The van der Waals surface area contributed by atoms with Crippen molar-refractivity contribution in [2.24, 2.45) is 5.41 Å². The van der Waals surface area contributed by atoms with Gasteiger partial charge in [0.05, 0.1) is 32.6 Å². The van der Waals surface area contributed by atoms with E-state index >= 15 is 0 Å². The minimum Gasteiger partial charge on any atom is -0.493 e. The van der Waals surface area contributed by atoms with E-state index in [0.717, 1.165) is 11.8 Å². The molecule has 10 nitrogen and oxygen atoms in total. The fraction of sp³-hybridized carbons (Fsp3) is 0.591. The first-order valence-electron chi connectivity index (χ1n) is 10.7. The van der Waals surface area contributed by atoms with Gasteiger partial charge >= 0.3 is 5.97 Å². The summed E-state index contributed by atoms with van der Waals surface area (Å²) in [4.78, 5) is 41.5. The van der Waals surface area contributed by atoms with Crippen LogP contribution in [-0.4, -0.2) is 70.7 Å². The maximum absolute atomic E-state index is 13.6. The molecule has 3 aliphatic rings. The van der Waals surface area contributed by atoms with Crippen LogP contribution in [0, 0.1) is 5.41 Å². The highest BCUT2D eigenvalue weighted by molar-refractivity contribution is 7.86. The molecule has 1 aromatic rings. The monoisotopic (exact) mass is 481 g/mol. The first kappa shape index (κ1) is 23.5. The number of ether oxygens (including phenoxy) is 3. The quantitative estimate of drug-likeness (QED) is 0.431. The number of fused-ring (bicyclic) bond motifs is 1. The van der Waals surface area contributed by atoms with E-state index in [9.17, 15) is 22.8 Å². The molecule has 1 saturated carbocycles. The van der Waals surface area contributed by atoms with Crippen molar-refractivity contribution in [2.75, 3.05) is 33.6 Å². The van der Waals surface area contributed by atoms with Crippen molar-refractivity contribution in [1.82, 2.24) is 4.90 Å². The third-order valence-electron chi connectivity index (χ3n) is 6.95. The third-order valence-corrected chi connectivity index (χ3v) is 7.49. The fourth-order valence-corrected chi connectivity index (χ4v) is 6.38. The van der Waals surface area contributed by atoms with Gasteiger partial charge in [0, 0.05) is 19.4 Å². The zero-order valence-corrected chi connectivity index (χ0v) is 19.8. The van der Waals surface area contributed by atoms with Gasteiger partial charge in [0.25, 0.3) is 16.0 Å². The number of Topliss-reactive ketones (excluding diaryl/α,β-unsaturated/α-hetero) is 1. The lowest BCUT2D eigenvalue weighted by Gasteiger charge is -2.53. The minimum atomic E-state index is -4.15. The second-order valence-corrected chi connectivity index (χ2v) is 10.2. The van der Waals surface area contributed by atoms with Crippen LogP contribution in [0.4, 0.5) is 0 Å². The molecular weight excluding hydrogens is 454 g/mol. The van der Waals surface area contributed by atoms with E-state index in [2.05, 4.69) is 0 Å². The number of benzene rings is 1. The molecule has 0 N–H and O–H groups in total. The molecule has 180 valence electrons. The molecule has 1 aromatic carbocycles. The van der Waals surface area contributed by atoms with Crippen LogP contribution in [0.5, 0.6) is 11.5 Å². The van der Waals surface area contributed by atoms with Crippen molar-refractivity contribution in [3.63, 3.8) is 0 Å². The highest BCUT2D eigenvalue weighted by Gasteiger charge is 2.77. The van der Waals surface area contributed by atoms with Gasteiger partial charge in [0.15, 0.2) is 17.6 Å². The Labute approximate surface area is 192 Å². The summed E-state index contributed by atoms with van der Waals surface area (Å²) in [6.07, 6.45) is -0.582. The number of ketones is 1. The van der Waals surface area contributed by atoms with Gasteiger partial charge in [-0.15, -0.1) is 0 Å². The summed E-state index contributed by atoms with van der Waals surface area (Å²) in [5.41, 5.74) is -1.76. The van der Waals surface area contributed by atoms with E-state index in [4.69, 9.17) is 18.4 Å². The molecule has 0 unspecified atom stereocenters. The predicted molar refractivity (Wildman–Crippen MR) is 114 cm³/mol. The molecule has 33 heavy (non-hydrogen) atoms. The van der Waals surface area contributed by atoms with Gasteiger partial charge < -0.3 is 19.1 Å². The number of esters is 1. The van der Waals surface area contributed by atoms with Crippen molar-refractivity contribution in [1.29, 1.82) is 0 Å². The Morgan fingerprint density at radius 2 is 1.82 bits per heavy atom. The lowest BCUT2D eigenvalue weighted by Crippen LogP contribution is -2.62. The smallest absolute Gasteiger partial charge is 0.318 e. The molecule has 4 rings (SSSR count). The van der Waals surface area contributed by atoms with Crippen LogP contribution < -0.4 is 9.47 Å². The van der Waals surface area contributed by atoms with Crippen LogP contribution in [0.2, 0.25) is 0 Å². The summed E-state index contributed by atoms with van der Waals surface area (Å²) in [7, 11) is -1.17. The Bertz CT molecular complexity index is 1130. The third kappa shape index (κ3) is 3.23. The van der Waals surface area contributed by atoms with E-state index in [1.807, 2.05) is 0 Å². The number of methoxy groups -OCH3 is 2. The molecule has 11 heteroatoms. The van der Waals surface area contributed by atoms with Crippen LogP contribution in [0.25, 0.3) is 0 Å². The molecule has 1 aliphatic carbocycles. The first-order valence-corrected chi connectivity index (χ1v) is 12.5. The van der Waals surface area contributed by atoms with Crippen LogP contribution >= 0.6 is 0 Å². The molecule has 0 aromatic heterocycles. The number of carbonyl (C=O) groups excluding carboxylic acids is 3. The summed E-state index contributed by atoms with van der Waals surface area (Å²) < 4.78 is 45.9. The van der Waals surface area contributed by atoms with Crippen LogP contribution in [0.15, 0.2) is 12.1 Å². The summed E-state index contributed by atoms with van der Waals surface area (Å²) in [5, 5.41) is 0. The minimum absolute atomic E-state index is 0.0105. The largest absolute Gasteiger partial charge is 0.493 e. The zero-order valence-electron chi connectivity index (χ0n) is 19.0. The Hall–Kier alpha value is -2.66. The van der Waals surface area contributed by atoms with Crippen molar-refractivity contribution in [3.8, 4) is 11.5 Å². The zero-order chi connectivity index (χ0) is 24.2. The van der Waals surface area contributed by atoms with Crippen LogP contribution in [0.1, 0.15) is 37.3 Å². The van der Waals surface area contributed by atoms with E-state index in [-0.39, 0.29) is 38.2 Å². The lowest BCUT2D eigenvalue weighted by atomic mass is 9.56. The normalized spacial score (nSPS) is 28.6. The van der Waals surface area contributed by atoms with Crippen molar-refractivity contribution < 1.29 is 41.2 Å². The summed E-state index contributed by atoms with van der Waals surface area (Å²) in [6, 6.07) is 3.50. The van der Waals surface area contributed by atoms with Gasteiger partial charge in [0.1, 0.15) is 11.2 Å². The molecule has 2 heterocycles. The predicted octanol–water partition coefficient (Wildman–Crippen LogP) is 0.945. The van der Waals surface area contributed by atoms with Crippen LogP contribution in [-0.2, 0) is 45.4 Å². The van der Waals surface area contributed by atoms with Gasteiger partial charge in [-0.25, -0.2) is 0 Å². The number of amides is 1. The van der Waals surface area contributed by atoms with Gasteiger partial charge in [-0.2, -0.15) is 8.42 Å². The maximum Gasteiger partial charge on any atom is 0.318 e. The molecule has 1 spiro atoms. The van der Waals surface area contributed by atoms with Gasteiger partial charge in [-0.3, -0.25) is 18.6 Å². The van der Waals surface area contributed by atoms with Gasteiger partial charge in [0.2, 0.25) is 0 Å². The molecule has 2 fully saturated rings. The number of rotatable bonds is 6. The summed E-state index contributed by atoms with van der Waals surface area (Å²) in [6.45, 7) is 1.82. The molecule has 1 amide bonds. The number of carbonyl (C=O) groups is 3. The summed E-state index contributed by atoms with van der Waals surface area (Å²) in [5.74, 6) is -0.864. The number of hydrogen-bond acceptors (Lipinski definition) is 9. The molecular formula is C22H27NO9S. The topological polar surface area (TPSA) is 126 Å².